The quantitative estimate of drug-likeness (QED) is 0.530. The van der Waals surface area contributed by atoms with Crippen molar-refractivity contribution in [2.45, 2.75) is 24.8 Å². The van der Waals surface area contributed by atoms with E-state index in [0.29, 0.717) is 22.6 Å². The molecule has 1 aliphatic heterocycles. The number of nitrogens with one attached hydrogen (secondary N) is 1. The number of aliphatic hydroxyl groups is 1. The van der Waals surface area contributed by atoms with Crippen LogP contribution in [0.4, 0.5) is 5.82 Å². The van der Waals surface area contributed by atoms with Crippen molar-refractivity contribution in [3.8, 4) is 28.5 Å². The fourth-order valence-corrected chi connectivity index (χ4v) is 4.19. The van der Waals surface area contributed by atoms with Crippen LogP contribution in [-0.2, 0) is 17.1 Å². The molecule has 4 rings (SSSR count). The molecule has 0 spiro atoms. The Balaban J connectivity index is 1.76. The van der Waals surface area contributed by atoms with E-state index in [0.717, 1.165) is 5.56 Å². The molecule has 0 saturated carbocycles. The van der Waals surface area contributed by atoms with Gasteiger partial charge in [-0.05, 0) is 35.2 Å². The summed E-state index contributed by atoms with van der Waals surface area (Å²) in [5.74, 6) is 1.52. The smallest absolute Gasteiger partial charge is 0.280 e. The summed E-state index contributed by atoms with van der Waals surface area (Å²) in [5, 5.41) is 13.3. The van der Waals surface area contributed by atoms with E-state index in [1.165, 1.54) is 10.7 Å². The average molecular weight is 446 g/mol. The molecular weight excluding hydrogens is 424 g/mol. The summed E-state index contributed by atoms with van der Waals surface area (Å²) in [7, 11) is -2.45. The number of anilines is 1. The first-order valence-corrected chi connectivity index (χ1v) is 11.0. The van der Waals surface area contributed by atoms with Crippen molar-refractivity contribution in [3.63, 3.8) is 0 Å². The molecular formula is C20H22N4O6S. The molecule has 31 heavy (non-hydrogen) atoms. The fraction of sp³-hybridized carbons (Fsp3) is 0.300. The van der Waals surface area contributed by atoms with Crippen LogP contribution in [0.1, 0.15) is 25.3 Å². The lowest BCUT2D eigenvalue weighted by Crippen LogP contribution is -2.17. The lowest BCUT2D eigenvalue weighted by atomic mass is 10.1. The highest BCUT2D eigenvalue weighted by Crippen LogP contribution is 2.42. The molecule has 0 aliphatic carbocycles. The van der Waals surface area contributed by atoms with Crippen molar-refractivity contribution in [1.82, 2.24) is 14.8 Å². The molecule has 0 saturated heterocycles. The topological polar surface area (TPSA) is 125 Å². The molecule has 0 amide bonds. The number of ether oxygens (including phenoxy) is 3. The second-order valence-electron chi connectivity index (χ2n) is 7.18. The number of rotatable bonds is 7. The predicted molar refractivity (Wildman–Crippen MR) is 112 cm³/mol. The first-order chi connectivity index (χ1) is 14.8. The van der Waals surface area contributed by atoms with Gasteiger partial charge in [0.15, 0.2) is 23.3 Å². The number of hydrogen-bond acceptors (Lipinski definition) is 8. The Morgan fingerprint density at radius 2 is 2.00 bits per heavy atom. The molecule has 164 valence electrons. The van der Waals surface area contributed by atoms with Gasteiger partial charge in [-0.2, -0.15) is 8.42 Å². The van der Waals surface area contributed by atoms with Gasteiger partial charge in [0.05, 0.1) is 5.56 Å². The lowest BCUT2D eigenvalue weighted by Gasteiger charge is -2.12. The van der Waals surface area contributed by atoms with Crippen molar-refractivity contribution in [2.75, 3.05) is 18.3 Å². The largest absolute Gasteiger partial charge is 0.454 e. The van der Waals surface area contributed by atoms with Gasteiger partial charge in [0.2, 0.25) is 12.7 Å². The monoisotopic (exact) mass is 446 g/mol. The molecule has 0 unspecified atom stereocenters. The van der Waals surface area contributed by atoms with Gasteiger partial charge < -0.3 is 19.3 Å². The van der Waals surface area contributed by atoms with Gasteiger partial charge >= 0.3 is 0 Å². The van der Waals surface area contributed by atoms with Crippen LogP contribution in [-0.4, -0.2) is 41.9 Å². The zero-order chi connectivity index (χ0) is 22.2. The van der Waals surface area contributed by atoms with E-state index in [-0.39, 0.29) is 29.4 Å². The second-order valence-corrected chi connectivity index (χ2v) is 8.81. The summed E-state index contributed by atoms with van der Waals surface area (Å²) in [6.45, 7) is 3.47. The van der Waals surface area contributed by atoms with Gasteiger partial charge in [-0.15, -0.1) is 5.10 Å². The number of hydrogen-bond donors (Lipinski definition) is 2. The number of nitrogens with zero attached hydrogens (tertiary/aromatic N) is 3. The molecule has 3 aromatic rings. The van der Waals surface area contributed by atoms with E-state index in [9.17, 15) is 13.5 Å². The highest BCUT2D eigenvalue weighted by molar-refractivity contribution is 7.92. The standard InChI is InChI=1S/C20H22N4O6S/c1-12(2)14-5-7-17(21-9-14)31(26,27)23-19-18(20(28-10-25)22-24(19)3)13-4-6-15-16(8-13)30-11-29-15/h4-9,12,23,25H,10-11H2,1-3H3. The van der Waals surface area contributed by atoms with Gasteiger partial charge in [-0.1, -0.05) is 26.0 Å². The van der Waals surface area contributed by atoms with E-state index in [1.807, 2.05) is 13.8 Å². The maximum Gasteiger partial charge on any atom is 0.280 e. The molecule has 2 aromatic heterocycles. The van der Waals surface area contributed by atoms with Gasteiger partial charge in [-0.25, -0.2) is 9.67 Å². The Kier molecular flexibility index (Phi) is 5.46. The third kappa shape index (κ3) is 4.01. The van der Waals surface area contributed by atoms with Crippen LogP contribution in [0.15, 0.2) is 41.6 Å². The highest BCUT2D eigenvalue weighted by Gasteiger charge is 2.26. The Bertz CT molecular complexity index is 1210. The van der Waals surface area contributed by atoms with Gasteiger partial charge in [-0.3, -0.25) is 4.72 Å². The minimum absolute atomic E-state index is 0.0599. The lowest BCUT2D eigenvalue weighted by molar-refractivity contribution is 0.0940. The molecule has 0 atom stereocenters. The van der Waals surface area contributed by atoms with Crippen LogP contribution in [0, 0.1) is 0 Å². The van der Waals surface area contributed by atoms with Crippen LogP contribution >= 0.6 is 0 Å². The van der Waals surface area contributed by atoms with Crippen molar-refractivity contribution >= 4 is 15.8 Å². The van der Waals surface area contributed by atoms with Gasteiger partial charge in [0.1, 0.15) is 5.82 Å². The van der Waals surface area contributed by atoms with Crippen molar-refractivity contribution in [2.24, 2.45) is 7.05 Å². The number of pyridine rings is 1. The van der Waals surface area contributed by atoms with Crippen LogP contribution in [0.5, 0.6) is 17.4 Å². The number of fused-ring (bicyclic) bond motifs is 1. The zero-order valence-electron chi connectivity index (χ0n) is 17.2. The van der Waals surface area contributed by atoms with Crippen molar-refractivity contribution < 1.29 is 27.7 Å². The Morgan fingerprint density at radius 1 is 1.23 bits per heavy atom. The fourth-order valence-electron chi connectivity index (χ4n) is 3.16. The number of aromatic nitrogens is 3. The number of benzene rings is 1. The molecule has 1 aliphatic rings. The summed E-state index contributed by atoms with van der Waals surface area (Å²) in [5.41, 5.74) is 1.85. The van der Waals surface area contributed by atoms with Crippen molar-refractivity contribution in [1.29, 1.82) is 0 Å². The Morgan fingerprint density at radius 3 is 2.68 bits per heavy atom. The van der Waals surface area contributed by atoms with Crippen LogP contribution in [0.25, 0.3) is 11.1 Å². The second kappa shape index (κ2) is 8.08. The van der Waals surface area contributed by atoms with E-state index in [2.05, 4.69) is 14.8 Å². The SMILES string of the molecule is CC(C)c1ccc(S(=O)(=O)Nc2c(-c3ccc4c(c3)OCO4)c(OCO)nn2C)nc1. The maximum atomic E-state index is 13.0. The van der Waals surface area contributed by atoms with Crippen LogP contribution in [0.2, 0.25) is 0 Å². The number of aryl methyl sites for hydroxylation is 1. The Hall–Kier alpha value is -3.31. The van der Waals surface area contributed by atoms with Crippen LogP contribution in [0.3, 0.4) is 0 Å². The predicted octanol–water partition coefficient (Wildman–Crippen LogP) is 2.46. The minimum atomic E-state index is -4.02. The van der Waals surface area contributed by atoms with Crippen molar-refractivity contribution in [3.05, 3.63) is 42.1 Å². The van der Waals surface area contributed by atoms with Crippen LogP contribution < -0.4 is 18.9 Å². The average Bonchev–Trinajstić information content (AvgIpc) is 3.32. The summed E-state index contributed by atoms with van der Waals surface area (Å²) in [6.07, 6.45) is 1.54. The molecule has 0 bridgehead atoms. The first-order valence-electron chi connectivity index (χ1n) is 9.49. The molecule has 0 radical (unpaired) electrons. The third-order valence-corrected chi connectivity index (χ3v) is 6.06. The van der Waals surface area contributed by atoms with E-state index in [4.69, 9.17) is 14.2 Å². The summed E-state index contributed by atoms with van der Waals surface area (Å²) in [4.78, 5) is 4.10. The molecule has 3 heterocycles. The summed E-state index contributed by atoms with van der Waals surface area (Å²) >= 11 is 0. The molecule has 10 nitrogen and oxygen atoms in total. The summed E-state index contributed by atoms with van der Waals surface area (Å²) < 4.78 is 45.9. The van der Waals surface area contributed by atoms with E-state index >= 15 is 0 Å². The van der Waals surface area contributed by atoms with Gasteiger partial charge in [0, 0.05) is 13.2 Å². The molecule has 0 fully saturated rings. The molecule has 1 aromatic carbocycles. The normalized spacial score (nSPS) is 12.9. The first kappa shape index (κ1) is 20.9. The third-order valence-electron chi connectivity index (χ3n) is 4.81. The Labute approximate surface area is 179 Å². The number of sulfonamides is 1. The molecule has 11 heteroatoms. The molecule has 2 N–H and O–H groups in total. The van der Waals surface area contributed by atoms with E-state index < -0.39 is 16.8 Å². The maximum absolute atomic E-state index is 13.0. The van der Waals surface area contributed by atoms with E-state index in [1.54, 1.807) is 37.5 Å². The zero-order valence-corrected chi connectivity index (χ0v) is 18.0. The number of aliphatic hydroxyl groups excluding tert-OH is 1. The summed E-state index contributed by atoms with van der Waals surface area (Å²) in [6, 6.07) is 8.31. The highest BCUT2D eigenvalue weighted by atomic mass is 32.2. The minimum Gasteiger partial charge on any atom is -0.454 e. The van der Waals surface area contributed by atoms with Gasteiger partial charge in [0.25, 0.3) is 10.0 Å².